The minimum absolute atomic E-state index is 0.113. The average Bonchev–Trinajstić information content (AvgIpc) is 3.45. The number of nitrogens with one attached hydrogen (secondary N) is 1. The van der Waals surface area contributed by atoms with Crippen molar-refractivity contribution in [2.45, 2.75) is 17.4 Å². The molecule has 0 aliphatic carbocycles. The van der Waals surface area contributed by atoms with Crippen LogP contribution in [0.4, 0.5) is 24.1 Å². The van der Waals surface area contributed by atoms with Gasteiger partial charge in [0.1, 0.15) is 5.76 Å². The number of nitrogens with zero attached hydrogens (tertiary/aromatic N) is 5. The van der Waals surface area contributed by atoms with Gasteiger partial charge in [0.05, 0.1) is 16.9 Å². The zero-order valence-electron chi connectivity index (χ0n) is 17.8. The van der Waals surface area contributed by atoms with Crippen molar-refractivity contribution in [3.8, 4) is 0 Å². The summed E-state index contributed by atoms with van der Waals surface area (Å²) in [5.74, 6) is 0.131. The van der Waals surface area contributed by atoms with Crippen LogP contribution < -0.4 is 10.2 Å². The number of alkyl halides is 3. The van der Waals surface area contributed by atoms with Gasteiger partial charge >= 0.3 is 6.18 Å². The van der Waals surface area contributed by atoms with Gasteiger partial charge in [-0.05, 0) is 19.1 Å². The molecule has 4 rings (SSSR count). The van der Waals surface area contributed by atoms with E-state index in [-0.39, 0.29) is 30.3 Å². The molecule has 0 saturated carbocycles. The number of piperazine rings is 1. The van der Waals surface area contributed by atoms with Crippen molar-refractivity contribution in [1.29, 1.82) is 0 Å². The van der Waals surface area contributed by atoms with Crippen molar-refractivity contribution in [3.63, 3.8) is 0 Å². The molecule has 1 N–H and O–H groups in total. The van der Waals surface area contributed by atoms with Crippen LogP contribution in [0.2, 0.25) is 0 Å². The van der Waals surface area contributed by atoms with Crippen LogP contribution in [0.5, 0.6) is 0 Å². The van der Waals surface area contributed by atoms with Crippen LogP contribution in [0, 0.1) is 6.92 Å². The summed E-state index contributed by atoms with van der Waals surface area (Å²) in [6, 6.07) is 6.41. The number of carbonyl (C=O) groups is 2. The maximum Gasteiger partial charge on any atom is 0.417 e. The first-order valence-electron chi connectivity index (χ1n) is 10.1. The monoisotopic (exact) mass is 512 g/mol. The van der Waals surface area contributed by atoms with E-state index >= 15 is 0 Å². The van der Waals surface area contributed by atoms with Gasteiger partial charge in [-0.2, -0.15) is 13.2 Å². The number of amides is 2. The van der Waals surface area contributed by atoms with Gasteiger partial charge in [0.2, 0.25) is 11.0 Å². The molecular weight excluding hydrogens is 493 g/mol. The van der Waals surface area contributed by atoms with Gasteiger partial charge in [-0.25, -0.2) is 0 Å². The molecule has 2 amide bonds. The van der Waals surface area contributed by atoms with Crippen LogP contribution >= 0.6 is 23.1 Å². The molecule has 180 valence electrons. The Kier molecular flexibility index (Phi) is 7.07. The minimum atomic E-state index is -4.60. The van der Waals surface area contributed by atoms with Crippen LogP contribution in [-0.4, -0.2) is 64.0 Å². The van der Waals surface area contributed by atoms with E-state index in [1.165, 1.54) is 46.2 Å². The number of hydrogen-bond donors (Lipinski definition) is 1. The lowest BCUT2D eigenvalue weighted by molar-refractivity contribution is -0.138. The van der Waals surface area contributed by atoms with Gasteiger partial charge in [-0.1, -0.05) is 40.4 Å². The van der Waals surface area contributed by atoms with Crippen molar-refractivity contribution in [2.24, 2.45) is 0 Å². The standard InChI is InChI=1S/C20H19F3N6O3S2/c1-12-10-15(27-32-12)24-16(30)11-33-19-26-25-18(34-19)29-8-6-28(7-9-29)17(31)13-4-2-3-5-14(13)20(21,22)23/h2-5,10H,6-9,11H2,1H3,(H,24,27,30). The summed E-state index contributed by atoms with van der Waals surface area (Å²) in [7, 11) is 0. The second kappa shape index (κ2) is 10.0. The maximum atomic E-state index is 13.3. The van der Waals surface area contributed by atoms with E-state index < -0.39 is 17.6 Å². The van der Waals surface area contributed by atoms with Crippen molar-refractivity contribution < 1.29 is 27.3 Å². The van der Waals surface area contributed by atoms with Crippen LogP contribution in [0.1, 0.15) is 21.7 Å². The Morgan fingerprint density at radius 1 is 1.18 bits per heavy atom. The third-order valence-corrected chi connectivity index (χ3v) is 7.04. The highest BCUT2D eigenvalue weighted by Gasteiger charge is 2.36. The number of benzene rings is 1. The number of thioether (sulfide) groups is 1. The van der Waals surface area contributed by atoms with E-state index in [4.69, 9.17) is 4.52 Å². The number of hydrogen-bond acceptors (Lipinski definition) is 9. The number of aryl methyl sites for hydroxylation is 1. The second-order valence-electron chi connectivity index (χ2n) is 7.33. The minimum Gasteiger partial charge on any atom is -0.360 e. The van der Waals surface area contributed by atoms with Gasteiger partial charge in [0.15, 0.2) is 10.2 Å². The van der Waals surface area contributed by atoms with E-state index in [0.29, 0.717) is 34.1 Å². The Hall–Kier alpha value is -3.13. The quantitative estimate of drug-likeness (QED) is 0.500. The molecule has 34 heavy (non-hydrogen) atoms. The Morgan fingerprint density at radius 3 is 2.59 bits per heavy atom. The fourth-order valence-electron chi connectivity index (χ4n) is 3.31. The molecule has 2 aromatic heterocycles. The van der Waals surface area contributed by atoms with Gasteiger partial charge in [0, 0.05) is 32.2 Å². The maximum absolute atomic E-state index is 13.3. The largest absolute Gasteiger partial charge is 0.417 e. The Bertz CT molecular complexity index is 1170. The number of anilines is 2. The Labute approximate surface area is 200 Å². The zero-order chi connectivity index (χ0) is 24.3. The fourth-order valence-corrected chi connectivity index (χ4v) is 5.00. The first-order chi connectivity index (χ1) is 16.2. The lowest BCUT2D eigenvalue weighted by atomic mass is 10.1. The van der Waals surface area contributed by atoms with E-state index in [0.717, 1.165) is 6.07 Å². The fraction of sp³-hybridized carbons (Fsp3) is 0.350. The van der Waals surface area contributed by atoms with Crippen molar-refractivity contribution in [2.75, 3.05) is 42.1 Å². The Balaban J connectivity index is 1.30. The average molecular weight is 513 g/mol. The predicted molar refractivity (Wildman–Crippen MR) is 120 cm³/mol. The first kappa shape index (κ1) is 24.0. The molecule has 3 aromatic rings. The van der Waals surface area contributed by atoms with Gasteiger partial charge in [-0.3, -0.25) is 9.59 Å². The van der Waals surface area contributed by atoms with Gasteiger partial charge < -0.3 is 19.6 Å². The number of carbonyl (C=O) groups excluding carboxylic acids is 2. The molecule has 1 saturated heterocycles. The Morgan fingerprint density at radius 2 is 1.91 bits per heavy atom. The second-order valence-corrected chi connectivity index (χ2v) is 9.51. The highest BCUT2D eigenvalue weighted by molar-refractivity contribution is 8.01. The van der Waals surface area contributed by atoms with Crippen LogP contribution in [0.15, 0.2) is 39.2 Å². The topological polar surface area (TPSA) is 104 Å². The number of aromatic nitrogens is 3. The molecule has 0 spiro atoms. The molecule has 1 aromatic carbocycles. The summed E-state index contributed by atoms with van der Waals surface area (Å²) in [6.07, 6.45) is -4.60. The lowest BCUT2D eigenvalue weighted by Crippen LogP contribution is -2.49. The normalized spacial score (nSPS) is 14.4. The smallest absolute Gasteiger partial charge is 0.360 e. The van der Waals surface area contributed by atoms with Crippen LogP contribution in [-0.2, 0) is 11.0 Å². The summed E-state index contributed by atoms with van der Waals surface area (Å²) in [4.78, 5) is 28.1. The third-order valence-electron chi connectivity index (χ3n) is 4.92. The van der Waals surface area contributed by atoms with Crippen molar-refractivity contribution in [3.05, 3.63) is 47.2 Å². The van der Waals surface area contributed by atoms with E-state index in [9.17, 15) is 22.8 Å². The number of rotatable bonds is 6. The molecule has 0 unspecified atom stereocenters. The molecule has 1 fully saturated rings. The lowest BCUT2D eigenvalue weighted by Gasteiger charge is -2.34. The first-order valence-corrected chi connectivity index (χ1v) is 11.9. The SMILES string of the molecule is Cc1cc(NC(=O)CSc2nnc(N3CCN(C(=O)c4ccccc4C(F)(F)F)CC3)s2)no1. The summed E-state index contributed by atoms with van der Waals surface area (Å²) in [5.41, 5.74) is -1.28. The zero-order valence-corrected chi connectivity index (χ0v) is 19.5. The third kappa shape index (κ3) is 5.67. The van der Waals surface area contributed by atoms with E-state index in [1.54, 1.807) is 13.0 Å². The molecular formula is C20H19F3N6O3S2. The van der Waals surface area contributed by atoms with E-state index in [2.05, 4.69) is 20.7 Å². The molecule has 0 atom stereocenters. The van der Waals surface area contributed by atoms with Gasteiger partial charge in [-0.15, -0.1) is 10.2 Å². The summed E-state index contributed by atoms with van der Waals surface area (Å²) in [6.45, 7) is 3.05. The summed E-state index contributed by atoms with van der Waals surface area (Å²) >= 11 is 2.53. The highest BCUT2D eigenvalue weighted by Crippen LogP contribution is 2.33. The molecule has 1 aliphatic rings. The molecule has 14 heteroatoms. The molecule has 1 aliphatic heterocycles. The summed E-state index contributed by atoms with van der Waals surface area (Å²) in [5, 5.41) is 15.2. The van der Waals surface area contributed by atoms with Gasteiger partial charge in [0.25, 0.3) is 5.91 Å². The number of halogens is 3. The molecule has 0 bridgehead atoms. The van der Waals surface area contributed by atoms with Crippen LogP contribution in [0.3, 0.4) is 0 Å². The molecule has 0 radical (unpaired) electrons. The van der Waals surface area contributed by atoms with Crippen LogP contribution in [0.25, 0.3) is 0 Å². The predicted octanol–water partition coefficient (Wildman–Crippen LogP) is 3.55. The molecule has 3 heterocycles. The van der Waals surface area contributed by atoms with Crippen molar-refractivity contribution >= 4 is 45.9 Å². The summed E-state index contributed by atoms with van der Waals surface area (Å²) < 4.78 is 45.3. The molecule has 9 nitrogen and oxygen atoms in total. The highest BCUT2D eigenvalue weighted by atomic mass is 32.2. The van der Waals surface area contributed by atoms with Crippen molar-refractivity contribution in [1.82, 2.24) is 20.3 Å². The van der Waals surface area contributed by atoms with E-state index in [1.807, 2.05) is 4.90 Å².